The maximum absolute atomic E-state index is 14.0. The Hall–Kier alpha value is -3.94. The van der Waals surface area contributed by atoms with Gasteiger partial charge in [-0.1, -0.05) is 19.1 Å². The number of nitrogens with zero attached hydrogens (tertiary/aromatic N) is 5. The number of amidine groups is 1. The monoisotopic (exact) mass is 565 g/mol. The fourth-order valence-corrected chi connectivity index (χ4v) is 4.21. The Bertz CT molecular complexity index is 1330. The number of hydrogen-bond donors (Lipinski definition) is 4. The molecule has 14 heteroatoms. The molecular weight excluding hydrogens is 546 g/mol. The molecule has 2 heterocycles. The number of nitrogens with one attached hydrogen (secondary N) is 2. The van der Waals surface area contributed by atoms with Crippen molar-refractivity contribution in [3.05, 3.63) is 64.2 Å². The van der Waals surface area contributed by atoms with Crippen LogP contribution < -0.4 is 11.6 Å². The van der Waals surface area contributed by atoms with Crippen molar-refractivity contribution in [3.63, 3.8) is 0 Å². The molecule has 6 N–H and O–H groups in total. The Morgan fingerprint density at radius 3 is 2.47 bits per heavy atom. The van der Waals surface area contributed by atoms with Gasteiger partial charge in [0.15, 0.2) is 0 Å². The van der Waals surface area contributed by atoms with Crippen molar-refractivity contribution in [2.45, 2.75) is 25.4 Å². The topological polar surface area (TPSA) is 155 Å². The van der Waals surface area contributed by atoms with E-state index in [-0.39, 0.29) is 28.5 Å². The standard InChI is InChI=1S/C22H20BrF4N9/c1-2-12(15(36-30)9-31-14-6-4-3-5-13(14)24)18-17(23)16(19(35-18)20(29)34-10-28)11-7-32-21(33-8-11)22(25,26)27/h3-10,12,35H,2,30H2,1H3,(H3,28,29,34). The van der Waals surface area contributed by atoms with E-state index < -0.39 is 23.7 Å². The Morgan fingerprint density at radius 2 is 1.92 bits per heavy atom. The summed E-state index contributed by atoms with van der Waals surface area (Å²) in [4.78, 5) is 17.8. The summed E-state index contributed by atoms with van der Waals surface area (Å²) < 4.78 is 53.3. The zero-order valence-electron chi connectivity index (χ0n) is 18.7. The van der Waals surface area contributed by atoms with Gasteiger partial charge in [0.2, 0.25) is 5.82 Å². The first-order valence-corrected chi connectivity index (χ1v) is 11.1. The minimum absolute atomic E-state index is 0.0877. The van der Waals surface area contributed by atoms with Crippen molar-refractivity contribution in [1.29, 1.82) is 5.41 Å². The molecule has 0 radical (unpaired) electrons. The van der Waals surface area contributed by atoms with Crippen LogP contribution >= 0.6 is 15.9 Å². The number of aliphatic imine (C=N–C) groups is 2. The smallest absolute Gasteiger partial charge is 0.382 e. The van der Waals surface area contributed by atoms with Gasteiger partial charge in [-0.05, 0) is 34.5 Å². The molecule has 0 aliphatic rings. The molecular formula is C22H20BrF4N9. The number of aromatic nitrogens is 3. The van der Waals surface area contributed by atoms with E-state index in [9.17, 15) is 17.6 Å². The molecule has 0 saturated heterocycles. The number of aromatic amines is 1. The van der Waals surface area contributed by atoms with Crippen LogP contribution in [0, 0.1) is 11.2 Å². The fraction of sp³-hybridized carbons (Fsp3) is 0.182. The third-order valence-electron chi connectivity index (χ3n) is 5.07. The van der Waals surface area contributed by atoms with E-state index in [2.05, 4.69) is 46.0 Å². The minimum atomic E-state index is -4.71. The molecule has 3 rings (SSSR count). The van der Waals surface area contributed by atoms with E-state index in [0.29, 0.717) is 22.2 Å². The number of benzene rings is 1. The summed E-state index contributed by atoms with van der Waals surface area (Å²) in [6.45, 7) is 1.84. The van der Waals surface area contributed by atoms with Crippen LogP contribution in [0.1, 0.15) is 36.5 Å². The van der Waals surface area contributed by atoms with Crippen molar-refractivity contribution in [1.82, 2.24) is 15.0 Å². The minimum Gasteiger partial charge on any atom is -0.382 e. The molecule has 0 aliphatic heterocycles. The van der Waals surface area contributed by atoms with Gasteiger partial charge in [-0.25, -0.2) is 19.4 Å². The largest absolute Gasteiger partial charge is 0.451 e. The average Bonchev–Trinajstić information content (AvgIpc) is 3.19. The van der Waals surface area contributed by atoms with E-state index in [4.69, 9.17) is 17.0 Å². The number of nitrogens with two attached hydrogens (primary N) is 2. The molecule has 0 spiro atoms. The van der Waals surface area contributed by atoms with Crippen LogP contribution in [0.15, 0.2) is 56.2 Å². The summed E-state index contributed by atoms with van der Waals surface area (Å²) in [6.07, 6.45) is -0.194. The Morgan fingerprint density at radius 1 is 1.25 bits per heavy atom. The maximum atomic E-state index is 14.0. The molecule has 0 bridgehead atoms. The molecule has 188 valence electrons. The second-order valence-corrected chi connectivity index (χ2v) is 8.06. The van der Waals surface area contributed by atoms with Crippen LogP contribution in [0.4, 0.5) is 23.2 Å². The van der Waals surface area contributed by atoms with Gasteiger partial charge in [0.1, 0.15) is 18.0 Å². The Labute approximate surface area is 211 Å². The highest BCUT2D eigenvalue weighted by molar-refractivity contribution is 9.10. The first-order valence-electron chi connectivity index (χ1n) is 10.3. The quantitative estimate of drug-likeness (QED) is 0.101. The highest BCUT2D eigenvalue weighted by atomic mass is 79.9. The van der Waals surface area contributed by atoms with Gasteiger partial charge in [-0.15, -0.1) is 0 Å². The molecule has 2 aromatic heterocycles. The Kier molecular flexibility index (Phi) is 8.29. The molecule has 1 unspecified atom stereocenters. The van der Waals surface area contributed by atoms with Crippen LogP contribution in [-0.4, -0.2) is 39.1 Å². The summed E-state index contributed by atoms with van der Waals surface area (Å²) in [7, 11) is 0. The summed E-state index contributed by atoms with van der Waals surface area (Å²) in [5.41, 5.74) is 7.64. The predicted molar refractivity (Wildman–Crippen MR) is 133 cm³/mol. The van der Waals surface area contributed by atoms with Crippen LogP contribution in [0.3, 0.4) is 0 Å². The van der Waals surface area contributed by atoms with Crippen LogP contribution in [-0.2, 0) is 6.18 Å². The summed E-state index contributed by atoms with van der Waals surface area (Å²) in [5, 5.41) is 11.0. The zero-order chi connectivity index (χ0) is 26.5. The van der Waals surface area contributed by atoms with Gasteiger partial charge in [0, 0.05) is 39.6 Å². The first-order chi connectivity index (χ1) is 17.1. The molecule has 9 nitrogen and oxygen atoms in total. The number of alkyl halides is 3. The van der Waals surface area contributed by atoms with Gasteiger partial charge in [-0.3, -0.25) is 10.4 Å². The van der Waals surface area contributed by atoms with Gasteiger partial charge < -0.3 is 16.6 Å². The van der Waals surface area contributed by atoms with Crippen molar-refractivity contribution in [2.24, 2.45) is 26.7 Å². The molecule has 0 saturated carbocycles. The van der Waals surface area contributed by atoms with Crippen LogP contribution in [0.25, 0.3) is 11.1 Å². The highest BCUT2D eigenvalue weighted by Gasteiger charge is 2.35. The van der Waals surface area contributed by atoms with E-state index in [0.717, 1.165) is 18.7 Å². The lowest BCUT2D eigenvalue weighted by Gasteiger charge is -2.14. The van der Waals surface area contributed by atoms with Gasteiger partial charge in [-0.2, -0.15) is 18.3 Å². The lowest BCUT2D eigenvalue weighted by Crippen LogP contribution is -2.18. The number of hydrazone groups is 1. The summed E-state index contributed by atoms with van der Waals surface area (Å²) >= 11 is 3.49. The molecule has 36 heavy (non-hydrogen) atoms. The fourth-order valence-electron chi connectivity index (χ4n) is 3.40. The van der Waals surface area contributed by atoms with E-state index in [1.165, 1.54) is 24.4 Å². The lowest BCUT2D eigenvalue weighted by atomic mass is 9.96. The predicted octanol–water partition coefficient (Wildman–Crippen LogP) is 4.92. The van der Waals surface area contributed by atoms with Crippen LogP contribution in [0.5, 0.6) is 0 Å². The van der Waals surface area contributed by atoms with Gasteiger partial charge >= 0.3 is 6.18 Å². The molecule has 3 aromatic rings. The number of rotatable bonds is 8. The van der Waals surface area contributed by atoms with Gasteiger partial charge in [0.25, 0.3) is 0 Å². The Balaban J connectivity index is 2.12. The van der Waals surface area contributed by atoms with Crippen molar-refractivity contribution < 1.29 is 17.6 Å². The van der Waals surface area contributed by atoms with Crippen molar-refractivity contribution >= 4 is 45.7 Å². The summed E-state index contributed by atoms with van der Waals surface area (Å²) in [6, 6.07) is 5.91. The van der Waals surface area contributed by atoms with E-state index in [1.807, 2.05) is 6.92 Å². The number of hydrogen-bond acceptors (Lipinski definition) is 6. The highest BCUT2D eigenvalue weighted by Crippen LogP contribution is 2.39. The molecule has 0 fully saturated rings. The normalized spacial score (nSPS) is 13.8. The number of H-pyrrole nitrogens is 1. The molecule has 0 aliphatic carbocycles. The number of para-hydroxylation sites is 1. The first kappa shape index (κ1) is 26.7. The van der Waals surface area contributed by atoms with Crippen molar-refractivity contribution in [2.75, 3.05) is 0 Å². The molecule has 0 amide bonds. The van der Waals surface area contributed by atoms with Gasteiger partial charge in [0.05, 0.1) is 23.3 Å². The molecule has 1 atom stereocenters. The summed E-state index contributed by atoms with van der Waals surface area (Å²) in [5.74, 6) is 3.18. The van der Waals surface area contributed by atoms with E-state index in [1.54, 1.807) is 6.07 Å². The maximum Gasteiger partial charge on any atom is 0.451 e. The zero-order valence-corrected chi connectivity index (χ0v) is 20.3. The van der Waals surface area contributed by atoms with Crippen LogP contribution in [0.2, 0.25) is 0 Å². The number of halogens is 5. The average molecular weight is 566 g/mol. The molecule has 1 aromatic carbocycles. The SMILES string of the molecule is CCC(C(C=Nc1ccccc1F)=NN)c1[nH]c(C(N)=NC=N)c(-c2cnc(C(F)(F)F)nc2)c1Br. The van der Waals surface area contributed by atoms with E-state index >= 15 is 0 Å². The lowest BCUT2D eigenvalue weighted by molar-refractivity contribution is -0.144. The third kappa shape index (κ3) is 5.64. The van der Waals surface area contributed by atoms with Crippen molar-refractivity contribution in [3.8, 4) is 11.1 Å². The third-order valence-corrected chi connectivity index (χ3v) is 5.89. The second kappa shape index (κ2) is 11.2. The second-order valence-electron chi connectivity index (χ2n) is 7.26.